The quantitative estimate of drug-likeness (QED) is 0.892. The second-order valence-corrected chi connectivity index (χ2v) is 8.27. The first-order valence-electron chi connectivity index (χ1n) is 9.93. The van der Waals surface area contributed by atoms with E-state index in [2.05, 4.69) is 36.4 Å². The number of rotatable bonds is 4. The minimum absolute atomic E-state index is 0.0917. The molecule has 2 aliphatic carbocycles. The van der Waals surface area contributed by atoms with Crippen LogP contribution in [0.3, 0.4) is 0 Å². The second-order valence-electron chi connectivity index (χ2n) is 8.27. The van der Waals surface area contributed by atoms with Crippen LogP contribution < -0.4 is 0 Å². The molecule has 5 rings (SSSR count). The van der Waals surface area contributed by atoms with Gasteiger partial charge in [-0.15, -0.1) is 0 Å². The molecule has 1 saturated heterocycles. The molecule has 1 amide bonds. The van der Waals surface area contributed by atoms with Gasteiger partial charge in [0.1, 0.15) is 6.61 Å². The second kappa shape index (κ2) is 6.38. The van der Waals surface area contributed by atoms with Gasteiger partial charge in [0, 0.05) is 24.4 Å². The Hall–Kier alpha value is -2.33. The van der Waals surface area contributed by atoms with Gasteiger partial charge in [0.15, 0.2) is 0 Å². The van der Waals surface area contributed by atoms with E-state index in [1.807, 2.05) is 12.1 Å². The molecule has 1 aliphatic heterocycles. The molecule has 0 aromatic heterocycles. The molecule has 0 bridgehead atoms. The van der Waals surface area contributed by atoms with Crippen LogP contribution in [-0.2, 0) is 4.74 Å². The Labute approximate surface area is 159 Å². The van der Waals surface area contributed by atoms with Gasteiger partial charge < -0.3 is 14.7 Å². The van der Waals surface area contributed by atoms with Crippen molar-refractivity contribution >= 4 is 6.09 Å². The highest BCUT2D eigenvalue weighted by molar-refractivity contribution is 5.79. The van der Waals surface area contributed by atoms with Crippen LogP contribution in [0, 0.1) is 11.3 Å². The molecule has 4 heteroatoms. The fourth-order valence-electron chi connectivity index (χ4n) is 5.02. The van der Waals surface area contributed by atoms with Crippen molar-refractivity contribution < 1.29 is 14.6 Å². The van der Waals surface area contributed by atoms with Gasteiger partial charge in [-0.1, -0.05) is 48.5 Å². The molecule has 27 heavy (non-hydrogen) atoms. The molecule has 140 valence electrons. The zero-order chi connectivity index (χ0) is 18.4. The molecule has 1 N–H and O–H groups in total. The van der Waals surface area contributed by atoms with E-state index in [0.29, 0.717) is 25.6 Å². The molecule has 1 unspecified atom stereocenters. The molecule has 0 spiro atoms. The van der Waals surface area contributed by atoms with Crippen LogP contribution in [0.2, 0.25) is 0 Å². The van der Waals surface area contributed by atoms with E-state index in [4.69, 9.17) is 4.74 Å². The lowest BCUT2D eigenvalue weighted by Gasteiger charge is -2.27. The van der Waals surface area contributed by atoms with Crippen molar-refractivity contribution in [1.29, 1.82) is 0 Å². The Morgan fingerprint density at radius 1 is 1.07 bits per heavy atom. The highest BCUT2D eigenvalue weighted by atomic mass is 16.6. The topological polar surface area (TPSA) is 49.8 Å². The minimum atomic E-state index is -0.243. The van der Waals surface area contributed by atoms with Crippen LogP contribution >= 0.6 is 0 Å². The maximum atomic E-state index is 12.7. The van der Waals surface area contributed by atoms with E-state index in [1.165, 1.54) is 35.1 Å². The number of carbonyl (C=O) groups excluding carboxylic acids is 1. The summed E-state index contributed by atoms with van der Waals surface area (Å²) >= 11 is 0. The van der Waals surface area contributed by atoms with E-state index in [1.54, 1.807) is 4.90 Å². The molecule has 1 heterocycles. The predicted molar refractivity (Wildman–Crippen MR) is 104 cm³/mol. The summed E-state index contributed by atoms with van der Waals surface area (Å²) in [6, 6.07) is 16.8. The van der Waals surface area contributed by atoms with Crippen molar-refractivity contribution in [1.82, 2.24) is 4.90 Å². The average molecular weight is 363 g/mol. The number of ether oxygens (including phenoxy) is 1. The number of aliphatic hydroxyl groups is 1. The number of nitrogens with zero attached hydrogens (tertiary/aromatic N) is 1. The van der Waals surface area contributed by atoms with Crippen molar-refractivity contribution in [2.75, 3.05) is 26.3 Å². The first kappa shape index (κ1) is 16.8. The Bertz CT molecular complexity index is 830. The maximum Gasteiger partial charge on any atom is 0.409 e. The summed E-state index contributed by atoms with van der Waals surface area (Å²) in [5.41, 5.74) is 4.85. The third-order valence-electron chi connectivity index (χ3n) is 6.74. The monoisotopic (exact) mass is 363 g/mol. The Kier molecular flexibility index (Phi) is 3.97. The van der Waals surface area contributed by atoms with Gasteiger partial charge >= 0.3 is 6.09 Å². The summed E-state index contributed by atoms with van der Waals surface area (Å²) < 4.78 is 5.77. The Morgan fingerprint density at radius 2 is 1.70 bits per heavy atom. The summed E-state index contributed by atoms with van der Waals surface area (Å²) in [7, 11) is 0. The highest BCUT2D eigenvalue weighted by Gasteiger charge is 2.50. The van der Waals surface area contributed by atoms with Crippen LogP contribution in [0.4, 0.5) is 4.79 Å². The molecule has 2 fully saturated rings. The normalized spacial score (nSPS) is 24.0. The zero-order valence-corrected chi connectivity index (χ0v) is 15.4. The van der Waals surface area contributed by atoms with Gasteiger partial charge in [-0.05, 0) is 47.4 Å². The number of hydrogen-bond acceptors (Lipinski definition) is 3. The van der Waals surface area contributed by atoms with Gasteiger partial charge in [-0.2, -0.15) is 0 Å². The molecular formula is C23H25NO3. The largest absolute Gasteiger partial charge is 0.448 e. The van der Waals surface area contributed by atoms with Crippen LogP contribution in [0.25, 0.3) is 11.1 Å². The standard InChI is InChI=1S/C23H25NO3/c25-15-23(16-9-10-16)11-12-24(14-23)22(26)27-13-21-19-7-3-1-5-17(19)18-6-2-4-8-20(18)21/h1-8,16,21,25H,9-15H2. The number of likely N-dealkylation sites (tertiary alicyclic amines) is 1. The van der Waals surface area contributed by atoms with Gasteiger partial charge in [-0.3, -0.25) is 0 Å². The van der Waals surface area contributed by atoms with Crippen LogP contribution in [0.1, 0.15) is 36.3 Å². The number of fused-ring (bicyclic) bond motifs is 3. The fourth-order valence-corrected chi connectivity index (χ4v) is 5.02. The summed E-state index contributed by atoms with van der Waals surface area (Å²) in [6.45, 7) is 1.85. The SMILES string of the molecule is O=C(OCC1c2ccccc2-c2ccccc21)N1CCC(CO)(C2CC2)C1. The molecule has 2 aromatic rings. The van der Waals surface area contributed by atoms with E-state index in [0.717, 1.165) is 6.42 Å². The van der Waals surface area contributed by atoms with E-state index in [-0.39, 0.29) is 24.0 Å². The summed E-state index contributed by atoms with van der Waals surface area (Å²) in [5.74, 6) is 0.670. The minimum Gasteiger partial charge on any atom is -0.448 e. The number of benzene rings is 2. The molecule has 0 radical (unpaired) electrons. The van der Waals surface area contributed by atoms with E-state index < -0.39 is 0 Å². The first-order chi connectivity index (χ1) is 13.2. The number of hydrogen-bond donors (Lipinski definition) is 1. The molecule has 2 aromatic carbocycles. The average Bonchev–Trinajstić information content (AvgIpc) is 3.40. The van der Waals surface area contributed by atoms with E-state index >= 15 is 0 Å². The lowest BCUT2D eigenvalue weighted by atomic mass is 9.83. The number of carbonyl (C=O) groups is 1. The van der Waals surface area contributed by atoms with Crippen molar-refractivity contribution in [3.05, 3.63) is 59.7 Å². The zero-order valence-electron chi connectivity index (χ0n) is 15.4. The third-order valence-corrected chi connectivity index (χ3v) is 6.74. The summed E-state index contributed by atoms with van der Waals surface area (Å²) in [6.07, 6.45) is 3.00. The summed E-state index contributed by atoms with van der Waals surface area (Å²) in [5, 5.41) is 9.87. The van der Waals surface area contributed by atoms with Crippen LogP contribution in [-0.4, -0.2) is 42.4 Å². The fraction of sp³-hybridized carbons (Fsp3) is 0.435. The smallest absolute Gasteiger partial charge is 0.409 e. The van der Waals surface area contributed by atoms with Gasteiger partial charge in [0.2, 0.25) is 0 Å². The highest BCUT2D eigenvalue weighted by Crippen LogP contribution is 2.50. The van der Waals surface area contributed by atoms with Gasteiger partial charge in [-0.25, -0.2) is 4.79 Å². The van der Waals surface area contributed by atoms with Gasteiger partial charge in [0.05, 0.1) is 6.61 Å². The van der Waals surface area contributed by atoms with Gasteiger partial charge in [0.25, 0.3) is 0 Å². The Balaban J connectivity index is 1.30. The Morgan fingerprint density at radius 3 is 2.30 bits per heavy atom. The maximum absolute atomic E-state index is 12.7. The number of amides is 1. The molecular weight excluding hydrogens is 338 g/mol. The summed E-state index contributed by atoms with van der Waals surface area (Å²) in [4.78, 5) is 14.5. The lowest BCUT2D eigenvalue weighted by Crippen LogP contribution is -2.36. The van der Waals surface area contributed by atoms with Crippen molar-refractivity contribution in [3.63, 3.8) is 0 Å². The van der Waals surface area contributed by atoms with Crippen molar-refractivity contribution in [2.24, 2.45) is 11.3 Å². The lowest BCUT2D eigenvalue weighted by molar-refractivity contribution is 0.0846. The first-order valence-corrected chi connectivity index (χ1v) is 9.93. The molecule has 3 aliphatic rings. The van der Waals surface area contributed by atoms with Crippen molar-refractivity contribution in [2.45, 2.75) is 25.2 Å². The van der Waals surface area contributed by atoms with Crippen molar-refractivity contribution in [3.8, 4) is 11.1 Å². The predicted octanol–water partition coefficient (Wildman–Crippen LogP) is 4.03. The van der Waals surface area contributed by atoms with Crippen LogP contribution in [0.15, 0.2) is 48.5 Å². The molecule has 4 nitrogen and oxygen atoms in total. The van der Waals surface area contributed by atoms with Crippen LogP contribution in [0.5, 0.6) is 0 Å². The number of aliphatic hydroxyl groups excluding tert-OH is 1. The molecule has 1 atom stereocenters. The third kappa shape index (κ3) is 2.74. The molecule has 1 saturated carbocycles. The van der Waals surface area contributed by atoms with E-state index in [9.17, 15) is 9.90 Å².